The van der Waals surface area contributed by atoms with Crippen molar-refractivity contribution < 1.29 is 9.67 Å². The van der Waals surface area contributed by atoms with Crippen LogP contribution in [0.1, 0.15) is 11.7 Å². The predicted octanol–water partition coefficient (Wildman–Crippen LogP) is 2.34. The van der Waals surface area contributed by atoms with Gasteiger partial charge in [0.2, 0.25) is 6.33 Å². The second-order valence-electron chi connectivity index (χ2n) is 3.49. The third-order valence-corrected chi connectivity index (χ3v) is 2.87. The minimum Gasteiger partial charge on any atom is -0.384 e. The lowest BCUT2D eigenvalue weighted by atomic mass is 10.1. The van der Waals surface area contributed by atoms with Crippen LogP contribution in [0.15, 0.2) is 36.9 Å². The summed E-state index contributed by atoms with van der Waals surface area (Å²) in [7, 11) is 0. The summed E-state index contributed by atoms with van der Waals surface area (Å²) in [6.07, 6.45) is 4.75. The van der Waals surface area contributed by atoms with Gasteiger partial charge in [0.25, 0.3) is 0 Å². The van der Waals surface area contributed by atoms with Crippen LogP contribution in [0.3, 0.4) is 0 Å². The molecule has 0 fully saturated rings. The van der Waals surface area contributed by atoms with Crippen molar-refractivity contribution in [3.05, 3.63) is 52.5 Å². The number of hydrogen-bond acceptors (Lipinski definition) is 1. The van der Waals surface area contributed by atoms with E-state index in [2.05, 4.69) is 4.98 Å². The molecule has 3 nitrogen and oxygen atoms in total. The molecule has 0 amide bonds. The Hall–Kier alpha value is -1.03. The molecule has 2 rings (SSSR count). The molecule has 1 aromatic carbocycles. The summed E-state index contributed by atoms with van der Waals surface area (Å²) in [4.78, 5) is 2.91. The molecule has 0 radical (unpaired) electrons. The molecular formula is C11H11Cl2N2O+. The normalized spacial score (nSPS) is 12.7. The maximum Gasteiger partial charge on any atom is 0.241 e. The summed E-state index contributed by atoms with van der Waals surface area (Å²) < 4.78 is 1.84. The van der Waals surface area contributed by atoms with E-state index in [0.717, 1.165) is 0 Å². The van der Waals surface area contributed by atoms with E-state index < -0.39 is 6.10 Å². The second-order valence-corrected chi connectivity index (χ2v) is 4.33. The first-order valence-corrected chi connectivity index (χ1v) is 5.57. The molecule has 0 unspecified atom stereocenters. The van der Waals surface area contributed by atoms with Crippen molar-refractivity contribution in [2.45, 2.75) is 12.6 Å². The summed E-state index contributed by atoms with van der Waals surface area (Å²) in [5.41, 5.74) is 0.680. The number of nitrogens with one attached hydrogen (secondary N) is 1. The van der Waals surface area contributed by atoms with Gasteiger partial charge < -0.3 is 5.11 Å². The fourth-order valence-corrected chi connectivity index (χ4v) is 2.04. The molecule has 0 bridgehead atoms. The number of halogens is 2. The SMILES string of the molecule is O[C@@H](C[n+]1cc[nH]c1)c1ccc(Cl)cc1Cl. The fourth-order valence-electron chi connectivity index (χ4n) is 1.50. The molecule has 0 saturated heterocycles. The summed E-state index contributed by atoms with van der Waals surface area (Å²) in [5, 5.41) is 11.0. The van der Waals surface area contributed by atoms with E-state index in [9.17, 15) is 5.11 Å². The predicted molar refractivity (Wildman–Crippen MR) is 62.4 cm³/mol. The van der Waals surface area contributed by atoms with E-state index in [1.807, 2.05) is 10.8 Å². The zero-order valence-corrected chi connectivity index (χ0v) is 9.91. The van der Waals surface area contributed by atoms with E-state index in [4.69, 9.17) is 23.2 Å². The Morgan fingerprint density at radius 3 is 2.81 bits per heavy atom. The molecule has 2 N–H and O–H groups in total. The molecule has 0 aliphatic heterocycles. The van der Waals surface area contributed by atoms with Crippen LogP contribution in [-0.2, 0) is 6.54 Å². The van der Waals surface area contributed by atoms with Gasteiger partial charge in [-0.05, 0) is 12.1 Å². The highest BCUT2D eigenvalue weighted by Crippen LogP contribution is 2.26. The highest BCUT2D eigenvalue weighted by molar-refractivity contribution is 6.35. The van der Waals surface area contributed by atoms with Crippen molar-refractivity contribution in [2.75, 3.05) is 0 Å². The molecule has 1 heterocycles. The third kappa shape index (κ3) is 2.55. The van der Waals surface area contributed by atoms with Crippen molar-refractivity contribution in [3.63, 3.8) is 0 Å². The number of rotatable bonds is 3. The van der Waals surface area contributed by atoms with E-state index in [-0.39, 0.29) is 0 Å². The maximum absolute atomic E-state index is 10.0. The quantitative estimate of drug-likeness (QED) is 0.815. The van der Waals surface area contributed by atoms with Crippen LogP contribution in [-0.4, -0.2) is 10.1 Å². The monoisotopic (exact) mass is 257 g/mol. The van der Waals surface area contributed by atoms with E-state index in [1.54, 1.807) is 30.7 Å². The number of benzene rings is 1. The average molecular weight is 258 g/mol. The Morgan fingerprint density at radius 2 is 2.19 bits per heavy atom. The van der Waals surface area contributed by atoms with Gasteiger partial charge in [-0.2, -0.15) is 0 Å². The Kier molecular flexibility index (Phi) is 3.49. The van der Waals surface area contributed by atoms with Crippen LogP contribution < -0.4 is 4.57 Å². The number of aromatic amines is 1. The third-order valence-electron chi connectivity index (χ3n) is 2.31. The van der Waals surface area contributed by atoms with Crippen molar-refractivity contribution in [1.82, 2.24) is 4.98 Å². The lowest BCUT2D eigenvalue weighted by molar-refractivity contribution is -0.703. The first-order valence-electron chi connectivity index (χ1n) is 4.81. The number of hydrogen-bond donors (Lipinski definition) is 2. The van der Waals surface area contributed by atoms with Crippen molar-refractivity contribution in [1.29, 1.82) is 0 Å². The minimum atomic E-state index is -0.648. The number of H-pyrrole nitrogens is 1. The van der Waals surface area contributed by atoms with Gasteiger partial charge in [0, 0.05) is 15.6 Å². The van der Waals surface area contributed by atoms with Gasteiger partial charge in [0.1, 0.15) is 25.0 Å². The second kappa shape index (κ2) is 4.87. The molecule has 1 aromatic heterocycles. The van der Waals surface area contributed by atoms with Crippen LogP contribution >= 0.6 is 23.2 Å². The number of aliphatic hydroxyl groups is 1. The standard InChI is InChI=1S/C11H10Cl2N2O/c12-8-1-2-9(10(13)5-8)11(16)6-15-4-3-14-7-15/h1-5,7,11,16H,6H2/p+1/t11-/m0/s1. The number of aromatic nitrogens is 2. The first kappa shape index (κ1) is 11.5. The van der Waals surface area contributed by atoms with Gasteiger partial charge in [-0.1, -0.05) is 29.3 Å². The number of imidazole rings is 1. The first-order chi connectivity index (χ1) is 7.66. The highest BCUT2D eigenvalue weighted by Gasteiger charge is 2.14. The average Bonchev–Trinajstić information content (AvgIpc) is 2.70. The summed E-state index contributed by atoms with van der Waals surface area (Å²) in [6, 6.07) is 5.08. The molecule has 0 spiro atoms. The fraction of sp³-hybridized carbons (Fsp3) is 0.182. The van der Waals surface area contributed by atoms with Gasteiger partial charge in [0.05, 0.1) is 0 Å². The molecule has 5 heteroatoms. The van der Waals surface area contributed by atoms with E-state index >= 15 is 0 Å². The van der Waals surface area contributed by atoms with Gasteiger partial charge in [-0.15, -0.1) is 0 Å². The molecule has 2 aromatic rings. The molecular weight excluding hydrogens is 247 g/mol. The summed E-state index contributed by atoms with van der Waals surface area (Å²) in [5.74, 6) is 0. The van der Waals surface area contributed by atoms with Gasteiger partial charge >= 0.3 is 0 Å². The van der Waals surface area contributed by atoms with Gasteiger partial charge in [-0.25, -0.2) is 4.57 Å². The molecule has 84 valence electrons. The highest BCUT2D eigenvalue weighted by atomic mass is 35.5. The van der Waals surface area contributed by atoms with Crippen molar-refractivity contribution >= 4 is 23.2 Å². The van der Waals surface area contributed by atoms with Crippen molar-refractivity contribution in [2.24, 2.45) is 0 Å². The minimum absolute atomic E-state index is 0.449. The zero-order valence-electron chi connectivity index (χ0n) is 8.40. The van der Waals surface area contributed by atoms with Crippen molar-refractivity contribution in [3.8, 4) is 0 Å². The largest absolute Gasteiger partial charge is 0.384 e. The van der Waals surface area contributed by atoms with Gasteiger partial charge in [0.15, 0.2) is 0 Å². The Bertz CT molecular complexity index is 471. The summed E-state index contributed by atoms with van der Waals surface area (Å²) in [6.45, 7) is 0.449. The van der Waals surface area contributed by atoms with Gasteiger partial charge in [-0.3, -0.25) is 4.98 Å². The van der Waals surface area contributed by atoms with E-state index in [0.29, 0.717) is 22.2 Å². The topological polar surface area (TPSA) is 39.9 Å². The number of nitrogens with zero attached hydrogens (tertiary/aromatic N) is 1. The van der Waals surface area contributed by atoms with Crippen LogP contribution in [0.4, 0.5) is 0 Å². The van der Waals surface area contributed by atoms with Crippen LogP contribution in [0, 0.1) is 0 Å². The number of aliphatic hydroxyl groups excluding tert-OH is 1. The Morgan fingerprint density at radius 1 is 1.38 bits per heavy atom. The Balaban J connectivity index is 2.17. The molecule has 1 atom stereocenters. The zero-order chi connectivity index (χ0) is 11.5. The van der Waals surface area contributed by atoms with Crippen LogP contribution in [0.25, 0.3) is 0 Å². The Labute approximate surface area is 103 Å². The van der Waals surface area contributed by atoms with Crippen LogP contribution in [0.2, 0.25) is 10.0 Å². The lowest BCUT2D eigenvalue weighted by Gasteiger charge is -2.10. The molecule has 0 saturated carbocycles. The smallest absolute Gasteiger partial charge is 0.241 e. The molecule has 16 heavy (non-hydrogen) atoms. The van der Waals surface area contributed by atoms with Crippen LogP contribution in [0.5, 0.6) is 0 Å². The molecule has 0 aliphatic carbocycles. The maximum atomic E-state index is 10.0. The molecule has 0 aliphatic rings. The van der Waals surface area contributed by atoms with E-state index in [1.165, 1.54) is 0 Å². The summed E-state index contributed by atoms with van der Waals surface area (Å²) >= 11 is 11.8. The lowest BCUT2D eigenvalue weighted by Crippen LogP contribution is -2.34.